The molecule has 0 aliphatic carbocycles. The van der Waals surface area contributed by atoms with E-state index in [0.29, 0.717) is 13.1 Å². The van der Waals surface area contributed by atoms with E-state index in [2.05, 4.69) is 4.98 Å². The fourth-order valence-corrected chi connectivity index (χ4v) is 4.77. The van der Waals surface area contributed by atoms with Crippen molar-refractivity contribution in [3.05, 3.63) is 35.5 Å². The number of hydrogen-bond acceptors (Lipinski definition) is 5. The fourth-order valence-electron chi connectivity index (χ4n) is 3.17. The molecule has 138 valence electrons. The van der Waals surface area contributed by atoms with Crippen LogP contribution in [0.5, 0.6) is 0 Å². The van der Waals surface area contributed by atoms with Crippen molar-refractivity contribution in [2.75, 3.05) is 27.2 Å². The molecule has 0 bridgehead atoms. The summed E-state index contributed by atoms with van der Waals surface area (Å²) in [5.74, 6) is -1.47. The zero-order valence-corrected chi connectivity index (χ0v) is 15.5. The summed E-state index contributed by atoms with van der Waals surface area (Å²) < 4.78 is 26.6. The first-order chi connectivity index (χ1) is 11.7. The molecule has 1 atom stereocenters. The van der Waals surface area contributed by atoms with Crippen molar-refractivity contribution in [1.82, 2.24) is 14.2 Å². The molecule has 1 saturated heterocycles. The van der Waals surface area contributed by atoms with Gasteiger partial charge in [-0.15, -0.1) is 0 Å². The molecule has 3 rings (SSSR count). The molecule has 1 fully saturated rings. The molecule has 1 aliphatic heterocycles. The lowest BCUT2D eigenvalue weighted by molar-refractivity contribution is -0.0758. The number of nitrogens with zero attached hydrogens (tertiary/aromatic N) is 2. The highest BCUT2D eigenvalue weighted by Gasteiger charge is 2.27. The van der Waals surface area contributed by atoms with Gasteiger partial charge in [0.2, 0.25) is 10.0 Å². The van der Waals surface area contributed by atoms with E-state index in [0.717, 1.165) is 34.9 Å². The van der Waals surface area contributed by atoms with Gasteiger partial charge in [0.1, 0.15) is 0 Å². The predicted octanol–water partition coefficient (Wildman–Crippen LogP) is 0.802. The average molecular weight is 366 g/mol. The second-order valence-electron chi connectivity index (χ2n) is 7.01. The first kappa shape index (κ1) is 18.3. The number of nitrogens with two attached hydrogens (primary N) is 1. The van der Waals surface area contributed by atoms with Crippen LogP contribution < -0.4 is 5.73 Å². The summed E-state index contributed by atoms with van der Waals surface area (Å²) >= 11 is 0. The van der Waals surface area contributed by atoms with Gasteiger partial charge in [0.05, 0.1) is 5.75 Å². The minimum Gasteiger partial charge on any atom is -0.363 e. The molecule has 0 amide bonds. The van der Waals surface area contributed by atoms with Gasteiger partial charge in [0.15, 0.2) is 5.85 Å². The van der Waals surface area contributed by atoms with Gasteiger partial charge < -0.3 is 10.1 Å². The summed E-state index contributed by atoms with van der Waals surface area (Å²) in [5, 5.41) is 11.2. The normalized spacial score (nSPS) is 18.9. The van der Waals surface area contributed by atoms with Crippen molar-refractivity contribution >= 4 is 20.9 Å². The molecule has 0 spiro atoms. The summed E-state index contributed by atoms with van der Waals surface area (Å²) in [6, 6.07) is 5.58. The van der Waals surface area contributed by atoms with Crippen LogP contribution in [0.1, 0.15) is 24.0 Å². The Morgan fingerprint density at radius 1 is 1.32 bits per heavy atom. The van der Waals surface area contributed by atoms with Crippen molar-refractivity contribution in [1.29, 1.82) is 0 Å². The number of benzene rings is 1. The Bertz CT molecular complexity index is 852. The van der Waals surface area contributed by atoms with Crippen molar-refractivity contribution in [2.45, 2.75) is 30.9 Å². The molecule has 2 heterocycles. The van der Waals surface area contributed by atoms with E-state index >= 15 is 0 Å². The molecule has 4 N–H and O–H groups in total. The zero-order valence-electron chi connectivity index (χ0n) is 14.7. The van der Waals surface area contributed by atoms with Gasteiger partial charge in [-0.25, -0.2) is 12.7 Å². The molecule has 0 radical (unpaired) electrons. The summed E-state index contributed by atoms with van der Waals surface area (Å²) in [4.78, 5) is 4.70. The lowest BCUT2D eigenvalue weighted by Crippen LogP contribution is -2.54. The number of rotatable bonds is 6. The van der Waals surface area contributed by atoms with Gasteiger partial charge in [0.25, 0.3) is 0 Å². The molecule has 1 aliphatic rings. The Balaban J connectivity index is 1.87. The Kier molecular flexibility index (Phi) is 4.91. The number of likely N-dealkylation sites (N-methyl/N-ethyl adjacent to an activating group) is 1. The van der Waals surface area contributed by atoms with Gasteiger partial charge >= 0.3 is 0 Å². The molecule has 25 heavy (non-hydrogen) atoms. The number of fused-ring (bicyclic) bond motifs is 1. The standard InChI is InChI=1S/C17H26N4O3S/c1-20(2)17(18,22)10-14-11-19-16-6-5-13(9-15(14)16)12-25(23,24)21-7-3-4-8-21/h5-6,9,11,19,22H,3-4,7-8,10,12,18H2,1-2H3. The molecule has 2 aromatic rings. The highest BCUT2D eigenvalue weighted by molar-refractivity contribution is 7.88. The topological polar surface area (TPSA) is 103 Å². The Labute approximate surface area is 148 Å². The first-order valence-corrected chi connectivity index (χ1v) is 10.1. The quantitative estimate of drug-likeness (QED) is 0.657. The number of nitrogens with one attached hydrogen (secondary N) is 1. The molecule has 1 aromatic heterocycles. The number of aliphatic hydroxyl groups is 1. The van der Waals surface area contributed by atoms with Crippen LogP contribution in [0.15, 0.2) is 24.4 Å². The second kappa shape index (κ2) is 6.69. The van der Waals surface area contributed by atoms with Crippen molar-refractivity contribution < 1.29 is 13.5 Å². The maximum atomic E-state index is 12.5. The molecular weight excluding hydrogens is 340 g/mol. The SMILES string of the molecule is CN(C)C(N)(O)Cc1c[nH]c2ccc(CS(=O)(=O)N3CCCC3)cc12. The zero-order chi connectivity index (χ0) is 18.2. The van der Waals surface area contributed by atoms with Gasteiger partial charge in [-0.05, 0) is 50.2 Å². The van der Waals surface area contributed by atoms with Crippen LogP contribution in [0.25, 0.3) is 10.9 Å². The lowest BCUT2D eigenvalue weighted by Gasteiger charge is -2.30. The second-order valence-corrected chi connectivity index (χ2v) is 8.97. The molecule has 1 unspecified atom stereocenters. The monoisotopic (exact) mass is 366 g/mol. The minimum absolute atomic E-state index is 0.00582. The Hall–Kier alpha value is -1.45. The molecule has 1 aromatic carbocycles. The van der Waals surface area contributed by atoms with E-state index in [-0.39, 0.29) is 12.2 Å². The predicted molar refractivity (Wildman–Crippen MR) is 98.3 cm³/mol. The highest BCUT2D eigenvalue weighted by Crippen LogP contribution is 2.25. The first-order valence-electron chi connectivity index (χ1n) is 8.44. The smallest absolute Gasteiger partial charge is 0.218 e. The van der Waals surface area contributed by atoms with Gasteiger partial charge in [0, 0.05) is 36.6 Å². The maximum Gasteiger partial charge on any atom is 0.218 e. The van der Waals surface area contributed by atoms with Crippen molar-refractivity contribution in [2.24, 2.45) is 5.73 Å². The summed E-state index contributed by atoms with van der Waals surface area (Å²) in [7, 11) is 0.137. The van der Waals surface area contributed by atoms with Crippen LogP contribution in [0.2, 0.25) is 0 Å². The lowest BCUT2D eigenvalue weighted by atomic mass is 10.1. The number of sulfonamides is 1. The molecule has 0 saturated carbocycles. The van der Waals surface area contributed by atoms with Crippen LogP contribution >= 0.6 is 0 Å². The number of aromatic nitrogens is 1. The van der Waals surface area contributed by atoms with Crippen LogP contribution in [-0.4, -0.2) is 60.7 Å². The average Bonchev–Trinajstić information content (AvgIpc) is 3.17. The third-order valence-corrected chi connectivity index (χ3v) is 6.71. The third kappa shape index (κ3) is 3.88. The van der Waals surface area contributed by atoms with E-state index in [1.165, 1.54) is 0 Å². The largest absolute Gasteiger partial charge is 0.363 e. The Morgan fingerprint density at radius 3 is 2.64 bits per heavy atom. The van der Waals surface area contributed by atoms with Crippen LogP contribution in [0.3, 0.4) is 0 Å². The number of aromatic amines is 1. The van der Waals surface area contributed by atoms with Gasteiger partial charge in [-0.1, -0.05) is 6.07 Å². The number of H-pyrrole nitrogens is 1. The summed E-state index contributed by atoms with van der Waals surface area (Å²) in [6.45, 7) is 1.23. The molecule has 7 nitrogen and oxygen atoms in total. The van der Waals surface area contributed by atoms with E-state index in [9.17, 15) is 13.5 Å². The van der Waals surface area contributed by atoms with E-state index in [4.69, 9.17) is 5.73 Å². The van der Waals surface area contributed by atoms with E-state index in [1.807, 2.05) is 24.4 Å². The van der Waals surface area contributed by atoms with Crippen LogP contribution in [0.4, 0.5) is 0 Å². The van der Waals surface area contributed by atoms with Gasteiger partial charge in [-0.3, -0.25) is 10.6 Å². The fraction of sp³-hybridized carbons (Fsp3) is 0.529. The maximum absolute atomic E-state index is 12.5. The third-order valence-electron chi connectivity index (χ3n) is 4.86. The minimum atomic E-state index is -3.29. The van der Waals surface area contributed by atoms with Crippen molar-refractivity contribution in [3.63, 3.8) is 0 Å². The van der Waals surface area contributed by atoms with Crippen molar-refractivity contribution in [3.8, 4) is 0 Å². The summed E-state index contributed by atoms with van der Waals surface area (Å²) in [6.07, 6.45) is 3.91. The Morgan fingerprint density at radius 2 is 2.00 bits per heavy atom. The van der Waals surface area contributed by atoms with E-state index < -0.39 is 15.9 Å². The highest BCUT2D eigenvalue weighted by atomic mass is 32.2. The van der Waals surface area contributed by atoms with Crippen LogP contribution in [-0.2, 0) is 22.2 Å². The summed E-state index contributed by atoms with van der Waals surface area (Å²) in [5.41, 5.74) is 8.42. The molecule has 8 heteroatoms. The van der Waals surface area contributed by atoms with E-state index in [1.54, 1.807) is 23.3 Å². The number of hydrogen-bond donors (Lipinski definition) is 3. The molecular formula is C17H26N4O3S. The van der Waals surface area contributed by atoms with Gasteiger partial charge in [-0.2, -0.15) is 0 Å². The van der Waals surface area contributed by atoms with Crippen LogP contribution in [0, 0.1) is 0 Å².